The number of aryl methyl sites for hydroxylation is 1. The third kappa shape index (κ3) is 3.30. The van der Waals surface area contributed by atoms with Crippen molar-refractivity contribution in [2.24, 2.45) is 17.3 Å². The molecule has 0 aromatic carbocycles. The molecule has 1 N–H and O–H groups in total. The Morgan fingerprint density at radius 1 is 1.43 bits per heavy atom. The SMILES string of the molecule is CC1CC(C(=O)NC2CCc3cncn3C2)CC(C)(C)C1. The number of carbonyl (C=O) groups is 1. The Morgan fingerprint density at radius 2 is 2.24 bits per heavy atom. The topological polar surface area (TPSA) is 46.9 Å². The van der Waals surface area contributed by atoms with Gasteiger partial charge in [0.25, 0.3) is 0 Å². The highest BCUT2D eigenvalue weighted by Gasteiger charge is 2.36. The molecule has 1 aromatic rings. The lowest BCUT2D eigenvalue weighted by Crippen LogP contribution is -2.45. The molecule has 0 saturated heterocycles. The lowest BCUT2D eigenvalue weighted by atomic mass is 9.68. The van der Waals surface area contributed by atoms with Gasteiger partial charge in [-0.25, -0.2) is 4.98 Å². The van der Waals surface area contributed by atoms with Crippen LogP contribution in [0.2, 0.25) is 0 Å². The van der Waals surface area contributed by atoms with Gasteiger partial charge >= 0.3 is 0 Å². The minimum atomic E-state index is 0.188. The molecule has 4 heteroatoms. The summed E-state index contributed by atoms with van der Waals surface area (Å²) in [7, 11) is 0. The summed E-state index contributed by atoms with van der Waals surface area (Å²) in [6.45, 7) is 7.73. The zero-order valence-corrected chi connectivity index (χ0v) is 13.4. The predicted molar refractivity (Wildman–Crippen MR) is 82.8 cm³/mol. The maximum atomic E-state index is 12.6. The molecule has 4 nitrogen and oxygen atoms in total. The van der Waals surface area contributed by atoms with Gasteiger partial charge in [-0.2, -0.15) is 0 Å². The van der Waals surface area contributed by atoms with E-state index in [1.165, 1.54) is 12.1 Å². The number of rotatable bonds is 2. The second-order valence-electron chi connectivity index (χ2n) is 7.89. The number of carbonyl (C=O) groups excluding carboxylic acids is 1. The fourth-order valence-corrected chi connectivity index (χ4v) is 4.35. The van der Waals surface area contributed by atoms with Crippen LogP contribution in [0.1, 0.15) is 52.1 Å². The van der Waals surface area contributed by atoms with Crippen molar-refractivity contribution >= 4 is 5.91 Å². The Kier molecular flexibility index (Phi) is 3.80. The number of amides is 1. The molecule has 21 heavy (non-hydrogen) atoms. The summed E-state index contributed by atoms with van der Waals surface area (Å²) in [4.78, 5) is 16.8. The number of nitrogens with zero attached hydrogens (tertiary/aromatic N) is 2. The minimum absolute atomic E-state index is 0.188. The zero-order valence-electron chi connectivity index (χ0n) is 13.4. The highest BCUT2D eigenvalue weighted by atomic mass is 16.1. The summed E-state index contributed by atoms with van der Waals surface area (Å²) < 4.78 is 2.17. The van der Waals surface area contributed by atoms with Crippen molar-refractivity contribution in [2.45, 2.75) is 65.5 Å². The Bertz CT molecular complexity index is 520. The molecule has 0 radical (unpaired) electrons. The first kappa shape index (κ1) is 14.6. The molecule has 116 valence electrons. The van der Waals surface area contributed by atoms with Crippen LogP contribution in [0.25, 0.3) is 0 Å². The van der Waals surface area contributed by atoms with Crippen LogP contribution >= 0.6 is 0 Å². The summed E-state index contributed by atoms with van der Waals surface area (Å²) in [5.74, 6) is 1.10. The van der Waals surface area contributed by atoms with Gasteiger partial charge in [-0.3, -0.25) is 4.79 Å². The van der Waals surface area contributed by atoms with E-state index in [9.17, 15) is 4.79 Å². The number of nitrogens with one attached hydrogen (secondary N) is 1. The summed E-state index contributed by atoms with van der Waals surface area (Å²) in [5, 5.41) is 3.29. The standard InChI is InChI=1S/C17H27N3O/c1-12-6-13(8-17(2,3)7-12)16(21)19-14-4-5-15-9-18-11-20(15)10-14/h9,11-14H,4-8,10H2,1-3H3,(H,19,21). The van der Waals surface area contributed by atoms with Gasteiger partial charge < -0.3 is 9.88 Å². The van der Waals surface area contributed by atoms with Crippen LogP contribution in [0.15, 0.2) is 12.5 Å². The van der Waals surface area contributed by atoms with Gasteiger partial charge in [0.2, 0.25) is 5.91 Å². The first-order valence-electron chi connectivity index (χ1n) is 8.22. The number of hydrogen-bond acceptors (Lipinski definition) is 2. The highest BCUT2D eigenvalue weighted by Crippen LogP contribution is 2.41. The molecule has 2 aliphatic rings. The first-order valence-corrected chi connectivity index (χ1v) is 8.22. The normalized spacial score (nSPS) is 31.5. The van der Waals surface area contributed by atoms with Gasteiger partial charge in [0, 0.05) is 30.4 Å². The van der Waals surface area contributed by atoms with Gasteiger partial charge in [0.15, 0.2) is 0 Å². The largest absolute Gasteiger partial charge is 0.351 e. The molecule has 1 aromatic heterocycles. The van der Waals surface area contributed by atoms with E-state index in [-0.39, 0.29) is 17.9 Å². The van der Waals surface area contributed by atoms with E-state index < -0.39 is 0 Å². The van der Waals surface area contributed by atoms with Crippen molar-refractivity contribution in [3.63, 3.8) is 0 Å². The van der Waals surface area contributed by atoms with E-state index in [4.69, 9.17) is 0 Å². The Labute approximate surface area is 127 Å². The second kappa shape index (κ2) is 5.47. The maximum absolute atomic E-state index is 12.6. The maximum Gasteiger partial charge on any atom is 0.223 e. The Morgan fingerprint density at radius 3 is 3.00 bits per heavy atom. The van der Waals surface area contributed by atoms with E-state index >= 15 is 0 Å². The molecule has 2 heterocycles. The van der Waals surface area contributed by atoms with Crippen molar-refractivity contribution in [2.75, 3.05) is 0 Å². The van der Waals surface area contributed by atoms with Gasteiger partial charge in [-0.05, 0) is 43.4 Å². The highest BCUT2D eigenvalue weighted by molar-refractivity contribution is 5.79. The summed E-state index contributed by atoms with van der Waals surface area (Å²) in [6.07, 6.45) is 9.15. The molecule has 1 aliphatic carbocycles. The average molecular weight is 289 g/mol. The summed E-state index contributed by atoms with van der Waals surface area (Å²) in [6, 6.07) is 0.263. The summed E-state index contributed by atoms with van der Waals surface area (Å²) >= 11 is 0. The monoisotopic (exact) mass is 289 g/mol. The lowest BCUT2D eigenvalue weighted by Gasteiger charge is -2.39. The molecule has 1 amide bonds. The van der Waals surface area contributed by atoms with Crippen LogP contribution < -0.4 is 5.32 Å². The molecule has 0 spiro atoms. The fraction of sp³-hybridized carbons (Fsp3) is 0.765. The molecule has 1 fully saturated rings. The van der Waals surface area contributed by atoms with Crippen LogP contribution in [-0.4, -0.2) is 21.5 Å². The third-order valence-electron chi connectivity index (χ3n) is 5.07. The zero-order chi connectivity index (χ0) is 15.0. The average Bonchev–Trinajstić information content (AvgIpc) is 2.83. The van der Waals surface area contributed by atoms with Gasteiger partial charge in [-0.1, -0.05) is 20.8 Å². The van der Waals surface area contributed by atoms with E-state index in [1.54, 1.807) is 0 Å². The van der Waals surface area contributed by atoms with E-state index in [1.807, 2.05) is 12.5 Å². The van der Waals surface area contributed by atoms with Crippen LogP contribution in [0.3, 0.4) is 0 Å². The van der Waals surface area contributed by atoms with Crippen LogP contribution in [-0.2, 0) is 17.8 Å². The number of aromatic nitrogens is 2. The minimum Gasteiger partial charge on any atom is -0.351 e. The predicted octanol–water partition coefficient (Wildman–Crippen LogP) is 2.78. The van der Waals surface area contributed by atoms with Crippen LogP contribution in [0.4, 0.5) is 0 Å². The Balaban J connectivity index is 1.59. The van der Waals surface area contributed by atoms with Crippen molar-refractivity contribution in [1.82, 2.24) is 14.9 Å². The number of fused-ring (bicyclic) bond motifs is 1. The third-order valence-corrected chi connectivity index (χ3v) is 5.07. The Hall–Kier alpha value is -1.32. The second-order valence-corrected chi connectivity index (χ2v) is 7.89. The smallest absolute Gasteiger partial charge is 0.223 e. The van der Waals surface area contributed by atoms with Crippen molar-refractivity contribution in [1.29, 1.82) is 0 Å². The van der Waals surface area contributed by atoms with E-state index in [2.05, 4.69) is 35.6 Å². The molecule has 1 saturated carbocycles. The molecule has 0 bridgehead atoms. The fourth-order valence-electron chi connectivity index (χ4n) is 4.35. The number of imidazole rings is 1. The quantitative estimate of drug-likeness (QED) is 0.910. The van der Waals surface area contributed by atoms with Gasteiger partial charge in [0.1, 0.15) is 0 Å². The van der Waals surface area contributed by atoms with E-state index in [0.717, 1.165) is 32.2 Å². The molecule has 3 rings (SSSR count). The molecular formula is C17H27N3O. The van der Waals surface area contributed by atoms with Crippen LogP contribution in [0, 0.1) is 17.3 Å². The first-order chi connectivity index (χ1) is 9.93. The summed E-state index contributed by atoms with van der Waals surface area (Å²) in [5.41, 5.74) is 1.58. The van der Waals surface area contributed by atoms with Crippen molar-refractivity contribution in [3.05, 3.63) is 18.2 Å². The van der Waals surface area contributed by atoms with Gasteiger partial charge in [0.05, 0.1) is 6.33 Å². The van der Waals surface area contributed by atoms with Gasteiger partial charge in [-0.15, -0.1) is 0 Å². The molecule has 3 atom stereocenters. The number of hydrogen-bond donors (Lipinski definition) is 1. The van der Waals surface area contributed by atoms with Crippen LogP contribution in [0.5, 0.6) is 0 Å². The molecule has 1 aliphatic heterocycles. The van der Waals surface area contributed by atoms with Crippen molar-refractivity contribution < 1.29 is 4.79 Å². The van der Waals surface area contributed by atoms with E-state index in [0.29, 0.717) is 11.3 Å². The molecular weight excluding hydrogens is 262 g/mol. The lowest BCUT2D eigenvalue weighted by molar-refractivity contribution is -0.128. The molecule has 3 unspecified atom stereocenters. The van der Waals surface area contributed by atoms with Crippen molar-refractivity contribution in [3.8, 4) is 0 Å².